The van der Waals surface area contributed by atoms with Gasteiger partial charge in [0, 0.05) is 10.6 Å². The van der Waals surface area contributed by atoms with E-state index in [0.717, 1.165) is 16.1 Å². The molecular weight excluding hydrogens is 428 g/mol. The van der Waals surface area contributed by atoms with Crippen LogP contribution in [0.15, 0.2) is 83.7 Å². The van der Waals surface area contributed by atoms with Crippen molar-refractivity contribution in [3.05, 3.63) is 106 Å². The van der Waals surface area contributed by atoms with Crippen molar-refractivity contribution >= 4 is 46.0 Å². The Morgan fingerprint density at radius 1 is 0.839 bits per heavy atom. The fourth-order valence-electron chi connectivity index (χ4n) is 3.19. The summed E-state index contributed by atoms with van der Waals surface area (Å²) in [5.74, 6) is 0.481. The summed E-state index contributed by atoms with van der Waals surface area (Å²) >= 11 is 7.33. The first-order valence-corrected chi connectivity index (χ1v) is 10.7. The van der Waals surface area contributed by atoms with E-state index in [1.165, 1.54) is 15.9 Å². The first kappa shape index (κ1) is 19.4. The van der Waals surface area contributed by atoms with Gasteiger partial charge >= 0.3 is 0 Å². The SMILES string of the molecule is O=c1c2ccccc2nc(/C=C/c2ccc(Cl)cc2)n1-c1nnc(-c2ccccc2)s1. The lowest BCUT2D eigenvalue weighted by atomic mass is 10.2. The van der Waals surface area contributed by atoms with Crippen molar-refractivity contribution in [2.24, 2.45) is 0 Å². The first-order chi connectivity index (χ1) is 15.2. The van der Waals surface area contributed by atoms with Gasteiger partial charge in [0.2, 0.25) is 5.13 Å². The van der Waals surface area contributed by atoms with Crippen molar-refractivity contribution in [1.82, 2.24) is 19.7 Å². The maximum Gasteiger partial charge on any atom is 0.268 e. The van der Waals surface area contributed by atoms with E-state index in [1.54, 1.807) is 12.1 Å². The molecule has 5 aromatic rings. The van der Waals surface area contributed by atoms with Crippen LogP contribution in [0, 0.1) is 0 Å². The third-order valence-electron chi connectivity index (χ3n) is 4.72. The van der Waals surface area contributed by atoms with Crippen molar-refractivity contribution in [3.8, 4) is 15.7 Å². The summed E-state index contributed by atoms with van der Waals surface area (Å²) in [7, 11) is 0. The highest BCUT2D eigenvalue weighted by Gasteiger charge is 2.15. The monoisotopic (exact) mass is 442 g/mol. The summed E-state index contributed by atoms with van der Waals surface area (Å²) in [5, 5.41) is 11.0. The predicted octanol–water partition coefficient (Wildman–Crippen LogP) is 5.73. The molecule has 2 aromatic heterocycles. The summed E-state index contributed by atoms with van der Waals surface area (Å²) in [6.07, 6.45) is 3.70. The quantitative estimate of drug-likeness (QED) is 0.356. The van der Waals surface area contributed by atoms with Crippen molar-refractivity contribution < 1.29 is 0 Å². The Kier molecular flexibility index (Phi) is 5.16. The number of aromatic nitrogens is 4. The van der Waals surface area contributed by atoms with Crippen LogP contribution in [-0.2, 0) is 0 Å². The molecule has 0 saturated heterocycles. The van der Waals surface area contributed by atoms with Crippen molar-refractivity contribution in [1.29, 1.82) is 0 Å². The van der Waals surface area contributed by atoms with Gasteiger partial charge in [-0.1, -0.05) is 83.6 Å². The molecule has 0 amide bonds. The first-order valence-electron chi connectivity index (χ1n) is 9.54. The van der Waals surface area contributed by atoms with Gasteiger partial charge in [-0.15, -0.1) is 10.2 Å². The van der Waals surface area contributed by atoms with E-state index < -0.39 is 0 Å². The van der Waals surface area contributed by atoms with Gasteiger partial charge in [0.15, 0.2) is 0 Å². The summed E-state index contributed by atoms with van der Waals surface area (Å²) in [6, 6.07) is 24.5. The maximum absolute atomic E-state index is 13.4. The molecule has 150 valence electrons. The van der Waals surface area contributed by atoms with Crippen LogP contribution in [-0.4, -0.2) is 19.7 Å². The fourth-order valence-corrected chi connectivity index (χ4v) is 4.18. The smallest absolute Gasteiger partial charge is 0.268 e. The minimum Gasteiger partial charge on any atom is -0.268 e. The molecule has 0 fully saturated rings. The molecule has 0 N–H and O–H groups in total. The average molecular weight is 443 g/mol. The van der Waals surface area contributed by atoms with Gasteiger partial charge in [-0.25, -0.2) is 9.55 Å². The molecule has 0 atom stereocenters. The Morgan fingerprint density at radius 2 is 1.58 bits per heavy atom. The van der Waals surface area contributed by atoms with Gasteiger partial charge in [0.25, 0.3) is 5.56 Å². The van der Waals surface area contributed by atoms with Crippen LogP contribution in [0.25, 0.3) is 38.8 Å². The molecule has 5 nitrogen and oxygen atoms in total. The van der Waals surface area contributed by atoms with Crippen LogP contribution >= 0.6 is 22.9 Å². The molecule has 0 unspecified atom stereocenters. The molecule has 0 aliphatic carbocycles. The summed E-state index contributed by atoms with van der Waals surface area (Å²) < 4.78 is 1.51. The lowest BCUT2D eigenvalue weighted by Crippen LogP contribution is -2.22. The van der Waals surface area contributed by atoms with E-state index in [0.29, 0.717) is 26.9 Å². The third kappa shape index (κ3) is 3.91. The molecule has 0 spiro atoms. The highest BCUT2D eigenvalue weighted by molar-refractivity contribution is 7.17. The standard InChI is InChI=1S/C24H15ClN4OS/c25-18-13-10-16(11-14-18)12-15-21-26-20-9-5-4-8-19(20)23(30)29(21)24-28-27-22(31-24)17-6-2-1-3-7-17/h1-15H/b15-12+. The zero-order valence-electron chi connectivity index (χ0n) is 16.1. The minimum absolute atomic E-state index is 0.183. The lowest BCUT2D eigenvalue weighted by Gasteiger charge is -2.07. The van der Waals surface area contributed by atoms with Gasteiger partial charge < -0.3 is 0 Å². The largest absolute Gasteiger partial charge is 0.268 e. The third-order valence-corrected chi connectivity index (χ3v) is 5.93. The molecular formula is C24H15ClN4OS. The second-order valence-electron chi connectivity index (χ2n) is 6.77. The van der Waals surface area contributed by atoms with E-state index in [-0.39, 0.29) is 5.56 Å². The molecule has 0 aliphatic rings. The number of nitrogens with zero attached hydrogens (tertiary/aromatic N) is 4. The zero-order valence-corrected chi connectivity index (χ0v) is 17.7. The molecule has 0 radical (unpaired) electrons. The average Bonchev–Trinajstić information content (AvgIpc) is 3.29. The van der Waals surface area contributed by atoms with Crippen LogP contribution in [0.5, 0.6) is 0 Å². The lowest BCUT2D eigenvalue weighted by molar-refractivity contribution is 0.899. The topological polar surface area (TPSA) is 60.7 Å². The van der Waals surface area contributed by atoms with Gasteiger partial charge in [-0.2, -0.15) is 0 Å². The van der Waals surface area contributed by atoms with Crippen LogP contribution in [0.4, 0.5) is 0 Å². The van der Waals surface area contributed by atoms with Gasteiger partial charge in [-0.3, -0.25) is 4.79 Å². The van der Waals surface area contributed by atoms with Crippen molar-refractivity contribution in [3.63, 3.8) is 0 Å². The maximum atomic E-state index is 13.4. The van der Waals surface area contributed by atoms with E-state index in [4.69, 9.17) is 16.6 Å². The van der Waals surface area contributed by atoms with Crippen LogP contribution in [0.3, 0.4) is 0 Å². The summed E-state index contributed by atoms with van der Waals surface area (Å²) in [5.41, 5.74) is 2.34. The molecule has 0 aliphatic heterocycles. The molecule has 7 heteroatoms. The molecule has 0 saturated carbocycles. The van der Waals surface area contributed by atoms with Gasteiger partial charge in [0.05, 0.1) is 10.9 Å². The number of para-hydroxylation sites is 1. The van der Waals surface area contributed by atoms with E-state index in [2.05, 4.69) is 10.2 Å². The minimum atomic E-state index is -0.183. The van der Waals surface area contributed by atoms with Crippen molar-refractivity contribution in [2.75, 3.05) is 0 Å². The molecule has 2 heterocycles. The Morgan fingerprint density at radius 3 is 2.39 bits per heavy atom. The predicted molar refractivity (Wildman–Crippen MR) is 127 cm³/mol. The molecule has 3 aromatic carbocycles. The van der Waals surface area contributed by atoms with Gasteiger partial charge in [0.1, 0.15) is 10.8 Å². The molecule has 31 heavy (non-hydrogen) atoms. The Hall–Kier alpha value is -3.61. The normalized spacial score (nSPS) is 11.4. The number of benzene rings is 3. The van der Waals surface area contributed by atoms with Crippen LogP contribution in [0.2, 0.25) is 5.02 Å². The van der Waals surface area contributed by atoms with E-state index in [1.807, 2.05) is 78.9 Å². The number of hydrogen-bond acceptors (Lipinski definition) is 5. The number of halogens is 1. The zero-order chi connectivity index (χ0) is 21.2. The Bertz CT molecular complexity index is 1460. The van der Waals surface area contributed by atoms with Gasteiger partial charge in [-0.05, 0) is 35.9 Å². The van der Waals surface area contributed by atoms with Crippen LogP contribution < -0.4 is 5.56 Å². The van der Waals surface area contributed by atoms with Crippen LogP contribution in [0.1, 0.15) is 11.4 Å². The summed E-state index contributed by atoms with van der Waals surface area (Å²) in [4.78, 5) is 18.1. The van der Waals surface area contributed by atoms with Crippen molar-refractivity contribution in [2.45, 2.75) is 0 Å². The second-order valence-corrected chi connectivity index (χ2v) is 8.16. The number of fused-ring (bicyclic) bond motifs is 1. The highest BCUT2D eigenvalue weighted by atomic mass is 35.5. The Balaban J connectivity index is 1.66. The number of hydrogen-bond donors (Lipinski definition) is 0. The second kappa shape index (κ2) is 8.26. The van der Waals surface area contributed by atoms with E-state index in [9.17, 15) is 4.79 Å². The number of rotatable bonds is 4. The van der Waals surface area contributed by atoms with E-state index >= 15 is 0 Å². The fraction of sp³-hybridized carbons (Fsp3) is 0. The highest BCUT2D eigenvalue weighted by Crippen LogP contribution is 2.26. The molecule has 0 bridgehead atoms. The Labute approximate surface area is 186 Å². The summed E-state index contributed by atoms with van der Waals surface area (Å²) in [6.45, 7) is 0. The molecule has 5 rings (SSSR count).